The van der Waals surface area contributed by atoms with Gasteiger partial charge in [0, 0.05) is 5.02 Å². The normalized spacial score (nSPS) is 21.2. The van der Waals surface area contributed by atoms with Gasteiger partial charge in [0.2, 0.25) is 0 Å². The molecule has 0 saturated carbocycles. The first-order valence-electron chi connectivity index (χ1n) is 4.44. The van der Waals surface area contributed by atoms with Gasteiger partial charge < -0.3 is 10.4 Å². The van der Waals surface area contributed by atoms with Gasteiger partial charge in [0.25, 0.3) is 0 Å². The maximum absolute atomic E-state index is 9.11. The van der Waals surface area contributed by atoms with Crippen molar-refractivity contribution in [2.24, 2.45) is 0 Å². The number of halogens is 1. The molecule has 1 aromatic carbocycles. The molecule has 3 heteroatoms. The molecule has 0 unspecified atom stereocenters. The summed E-state index contributed by atoms with van der Waals surface area (Å²) in [5.74, 6) is 0. The standard InChI is InChI=1S/C10H12ClNO/c11-8-1-2-9-7(5-8)3-4-12-10(9)6-13/h1-2,5,10,12-13H,3-4,6H2/t10-/m0/s1. The lowest BCUT2D eigenvalue weighted by Crippen LogP contribution is -2.31. The van der Waals surface area contributed by atoms with Gasteiger partial charge in [0.15, 0.2) is 0 Å². The van der Waals surface area contributed by atoms with Gasteiger partial charge in [-0.15, -0.1) is 0 Å². The number of rotatable bonds is 1. The largest absolute Gasteiger partial charge is 0.394 e. The van der Waals surface area contributed by atoms with E-state index >= 15 is 0 Å². The molecule has 2 nitrogen and oxygen atoms in total. The summed E-state index contributed by atoms with van der Waals surface area (Å²) in [6.07, 6.45) is 0.992. The number of aliphatic hydroxyl groups is 1. The van der Waals surface area contributed by atoms with E-state index in [0.717, 1.165) is 18.0 Å². The lowest BCUT2D eigenvalue weighted by molar-refractivity contribution is 0.240. The SMILES string of the molecule is OC[C@@H]1NCCc2cc(Cl)ccc21. The van der Waals surface area contributed by atoms with E-state index in [4.69, 9.17) is 16.7 Å². The molecule has 1 heterocycles. The fourth-order valence-corrected chi connectivity index (χ4v) is 1.98. The summed E-state index contributed by atoms with van der Waals surface area (Å²) in [5.41, 5.74) is 2.43. The molecule has 0 amide bonds. The van der Waals surface area contributed by atoms with Crippen LogP contribution in [0.25, 0.3) is 0 Å². The molecule has 0 saturated heterocycles. The second kappa shape index (κ2) is 3.66. The number of fused-ring (bicyclic) bond motifs is 1. The van der Waals surface area contributed by atoms with E-state index in [0.29, 0.717) is 0 Å². The number of nitrogens with one attached hydrogen (secondary N) is 1. The van der Waals surface area contributed by atoms with Gasteiger partial charge in [-0.1, -0.05) is 17.7 Å². The Balaban J connectivity index is 2.40. The molecule has 1 aromatic rings. The molecule has 13 heavy (non-hydrogen) atoms. The van der Waals surface area contributed by atoms with E-state index < -0.39 is 0 Å². The molecule has 0 aromatic heterocycles. The van der Waals surface area contributed by atoms with Gasteiger partial charge in [-0.2, -0.15) is 0 Å². The molecule has 0 spiro atoms. The Kier molecular flexibility index (Phi) is 2.54. The Morgan fingerprint density at radius 3 is 3.15 bits per heavy atom. The third kappa shape index (κ3) is 1.70. The Labute approximate surface area is 82.5 Å². The first kappa shape index (κ1) is 9.00. The van der Waals surface area contributed by atoms with Crippen molar-refractivity contribution in [1.29, 1.82) is 0 Å². The molecule has 70 valence electrons. The van der Waals surface area contributed by atoms with E-state index in [1.807, 2.05) is 18.2 Å². The minimum atomic E-state index is 0.0843. The van der Waals surface area contributed by atoms with E-state index in [9.17, 15) is 0 Å². The van der Waals surface area contributed by atoms with Crippen molar-refractivity contribution in [3.05, 3.63) is 34.3 Å². The predicted octanol–water partition coefficient (Wildman–Crippen LogP) is 1.52. The summed E-state index contributed by atoms with van der Waals surface area (Å²) < 4.78 is 0. The minimum Gasteiger partial charge on any atom is -0.394 e. The maximum Gasteiger partial charge on any atom is 0.0626 e. The minimum absolute atomic E-state index is 0.0843. The molecular weight excluding hydrogens is 186 g/mol. The summed E-state index contributed by atoms with van der Waals surface area (Å²) in [4.78, 5) is 0. The number of benzene rings is 1. The van der Waals surface area contributed by atoms with E-state index in [2.05, 4.69) is 5.32 Å². The van der Waals surface area contributed by atoms with Crippen LogP contribution >= 0.6 is 11.6 Å². The van der Waals surface area contributed by atoms with Crippen molar-refractivity contribution in [1.82, 2.24) is 5.32 Å². The zero-order valence-corrected chi connectivity index (χ0v) is 8.01. The fraction of sp³-hybridized carbons (Fsp3) is 0.400. The van der Waals surface area contributed by atoms with Crippen molar-refractivity contribution in [3.63, 3.8) is 0 Å². The molecule has 1 aliphatic heterocycles. The van der Waals surface area contributed by atoms with Crippen LogP contribution in [0, 0.1) is 0 Å². The highest BCUT2D eigenvalue weighted by atomic mass is 35.5. The van der Waals surface area contributed by atoms with Gasteiger partial charge in [0.05, 0.1) is 12.6 Å². The second-order valence-corrected chi connectivity index (χ2v) is 3.72. The highest BCUT2D eigenvalue weighted by Crippen LogP contribution is 2.25. The van der Waals surface area contributed by atoms with Crippen molar-refractivity contribution in [3.8, 4) is 0 Å². The molecule has 0 radical (unpaired) electrons. The van der Waals surface area contributed by atoms with Crippen LogP contribution in [0.2, 0.25) is 5.02 Å². The predicted molar refractivity (Wildman–Crippen MR) is 53.0 cm³/mol. The van der Waals surface area contributed by atoms with Crippen molar-refractivity contribution < 1.29 is 5.11 Å². The van der Waals surface area contributed by atoms with E-state index in [-0.39, 0.29) is 12.6 Å². The summed E-state index contributed by atoms with van der Waals surface area (Å²) in [5, 5.41) is 13.1. The van der Waals surface area contributed by atoms with Gasteiger partial charge in [-0.05, 0) is 36.2 Å². The van der Waals surface area contributed by atoms with Crippen LogP contribution in [-0.2, 0) is 6.42 Å². The zero-order valence-electron chi connectivity index (χ0n) is 7.26. The average molecular weight is 198 g/mol. The van der Waals surface area contributed by atoms with Crippen LogP contribution in [-0.4, -0.2) is 18.3 Å². The van der Waals surface area contributed by atoms with Crippen LogP contribution in [0.3, 0.4) is 0 Å². The van der Waals surface area contributed by atoms with Gasteiger partial charge >= 0.3 is 0 Å². The molecular formula is C10H12ClNO. The average Bonchev–Trinajstić information content (AvgIpc) is 2.16. The van der Waals surface area contributed by atoms with Crippen molar-refractivity contribution in [2.45, 2.75) is 12.5 Å². The Bertz CT molecular complexity index is 314. The first-order chi connectivity index (χ1) is 6.31. The molecule has 2 N–H and O–H groups in total. The number of hydrogen-bond donors (Lipinski definition) is 2. The Morgan fingerprint density at radius 1 is 1.54 bits per heavy atom. The number of hydrogen-bond acceptors (Lipinski definition) is 2. The van der Waals surface area contributed by atoms with E-state index in [1.54, 1.807) is 0 Å². The van der Waals surface area contributed by atoms with Crippen LogP contribution < -0.4 is 5.32 Å². The molecule has 0 aliphatic carbocycles. The fourth-order valence-electron chi connectivity index (χ4n) is 1.78. The number of aliphatic hydroxyl groups excluding tert-OH is 1. The van der Waals surface area contributed by atoms with Crippen molar-refractivity contribution >= 4 is 11.6 Å². The highest BCUT2D eigenvalue weighted by Gasteiger charge is 2.18. The second-order valence-electron chi connectivity index (χ2n) is 3.28. The Morgan fingerprint density at radius 2 is 2.38 bits per heavy atom. The van der Waals surface area contributed by atoms with E-state index in [1.165, 1.54) is 11.1 Å². The van der Waals surface area contributed by atoms with Crippen LogP contribution in [0.4, 0.5) is 0 Å². The van der Waals surface area contributed by atoms with Crippen LogP contribution in [0.5, 0.6) is 0 Å². The van der Waals surface area contributed by atoms with Gasteiger partial charge in [0.1, 0.15) is 0 Å². The summed E-state index contributed by atoms with van der Waals surface area (Å²) >= 11 is 5.88. The monoisotopic (exact) mass is 197 g/mol. The highest BCUT2D eigenvalue weighted by molar-refractivity contribution is 6.30. The summed E-state index contributed by atoms with van der Waals surface area (Å²) in [6, 6.07) is 5.93. The van der Waals surface area contributed by atoms with Gasteiger partial charge in [-0.25, -0.2) is 0 Å². The third-order valence-electron chi connectivity index (χ3n) is 2.45. The molecule has 2 rings (SSSR count). The topological polar surface area (TPSA) is 32.3 Å². The zero-order chi connectivity index (χ0) is 9.26. The lowest BCUT2D eigenvalue weighted by atomic mass is 9.95. The summed E-state index contributed by atoms with van der Waals surface area (Å²) in [6.45, 7) is 1.06. The first-order valence-corrected chi connectivity index (χ1v) is 4.81. The van der Waals surface area contributed by atoms with Gasteiger partial charge in [-0.3, -0.25) is 0 Å². The molecule has 0 bridgehead atoms. The molecule has 1 atom stereocenters. The molecule has 1 aliphatic rings. The lowest BCUT2D eigenvalue weighted by Gasteiger charge is -2.25. The van der Waals surface area contributed by atoms with Crippen LogP contribution in [0.1, 0.15) is 17.2 Å². The Hall–Kier alpha value is -0.570. The maximum atomic E-state index is 9.11. The third-order valence-corrected chi connectivity index (χ3v) is 2.68. The van der Waals surface area contributed by atoms with Crippen molar-refractivity contribution in [2.75, 3.05) is 13.2 Å². The molecule has 0 fully saturated rings. The van der Waals surface area contributed by atoms with Crippen LogP contribution in [0.15, 0.2) is 18.2 Å². The summed E-state index contributed by atoms with van der Waals surface area (Å²) in [7, 11) is 0. The quantitative estimate of drug-likeness (QED) is 0.716. The smallest absolute Gasteiger partial charge is 0.0626 e.